The molecule has 2 aromatic heterocycles. The summed E-state index contributed by atoms with van der Waals surface area (Å²) >= 11 is 0. The van der Waals surface area contributed by atoms with Crippen LogP contribution in [0.4, 0.5) is 5.82 Å². The van der Waals surface area contributed by atoms with Gasteiger partial charge in [-0.15, -0.1) is 0 Å². The Morgan fingerprint density at radius 1 is 1.20 bits per heavy atom. The molecule has 1 aliphatic rings. The molecule has 1 N–H and O–H groups in total. The molecule has 0 spiro atoms. The van der Waals surface area contributed by atoms with Gasteiger partial charge < -0.3 is 14.2 Å². The van der Waals surface area contributed by atoms with Crippen molar-refractivity contribution in [2.24, 2.45) is 0 Å². The highest BCUT2D eigenvalue weighted by Gasteiger charge is 2.24. The molecule has 0 bridgehead atoms. The molecule has 0 atom stereocenters. The highest BCUT2D eigenvalue weighted by molar-refractivity contribution is 7.89. The number of hydrogen-bond donors (Lipinski definition) is 1. The highest BCUT2D eigenvalue weighted by atomic mass is 32.2. The molecular formula is C15H21N5O4S. The smallest absolute Gasteiger partial charge is 0.246 e. The van der Waals surface area contributed by atoms with Crippen LogP contribution in [0.1, 0.15) is 23.0 Å². The van der Waals surface area contributed by atoms with Gasteiger partial charge in [-0.25, -0.2) is 23.1 Å². The zero-order chi connectivity index (χ0) is 18.0. The summed E-state index contributed by atoms with van der Waals surface area (Å²) in [6.07, 6.45) is 0. The van der Waals surface area contributed by atoms with E-state index in [-0.39, 0.29) is 17.2 Å². The Morgan fingerprint density at radius 3 is 2.56 bits per heavy atom. The van der Waals surface area contributed by atoms with Crippen LogP contribution in [0, 0.1) is 20.8 Å². The summed E-state index contributed by atoms with van der Waals surface area (Å²) in [6, 6.07) is 1.89. The number of ether oxygens (including phenoxy) is 1. The van der Waals surface area contributed by atoms with E-state index in [0.29, 0.717) is 24.7 Å². The molecule has 1 saturated heterocycles. The van der Waals surface area contributed by atoms with E-state index in [1.54, 1.807) is 13.8 Å². The molecule has 1 aliphatic heterocycles. The van der Waals surface area contributed by atoms with Crippen molar-refractivity contribution < 1.29 is 17.7 Å². The average molecular weight is 367 g/mol. The topological polar surface area (TPSA) is 110 Å². The predicted octanol–water partition coefficient (Wildman–Crippen LogP) is 0.705. The first-order chi connectivity index (χ1) is 11.9. The van der Waals surface area contributed by atoms with E-state index in [2.05, 4.69) is 24.7 Å². The lowest BCUT2D eigenvalue weighted by Crippen LogP contribution is -2.37. The van der Waals surface area contributed by atoms with Crippen LogP contribution in [0.25, 0.3) is 0 Å². The number of sulfonamides is 1. The van der Waals surface area contributed by atoms with Crippen LogP contribution in [0.2, 0.25) is 0 Å². The van der Waals surface area contributed by atoms with Crippen molar-refractivity contribution in [2.75, 3.05) is 31.2 Å². The van der Waals surface area contributed by atoms with E-state index >= 15 is 0 Å². The monoisotopic (exact) mass is 367 g/mol. The number of hydrogen-bond acceptors (Lipinski definition) is 8. The maximum Gasteiger partial charge on any atom is 0.246 e. The van der Waals surface area contributed by atoms with Gasteiger partial charge in [-0.2, -0.15) is 0 Å². The van der Waals surface area contributed by atoms with E-state index in [1.807, 2.05) is 13.0 Å². The Hall–Kier alpha value is -2.04. The zero-order valence-corrected chi connectivity index (χ0v) is 15.3. The van der Waals surface area contributed by atoms with Gasteiger partial charge in [0.15, 0.2) is 5.76 Å². The molecule has 3 rings (SSSR count). The van der Waals surface area contributed by atoms with Crippen LogP contribution in [0.3, 0.4) is 0 Å². The van der Waals surface area contributed by atoms with Gasteiger partial charge in [0, 0.05) is 24.8 Å². The molecule has 25 heavy (non-hydrogen) atoms. The molecule has 0 aliphatic carbocycles. The molecule has 0 radical (unpaired) electrons. The molecule has 9 nitrogen and oxygen atoms in total. The van der Waals surface area contributed by atoms with Crippen LogP contribution >= 0.6 is 0 Å². The summed E-state index contributed by atoms with van der Waals surface area (Å²) in [5.74, 6) is 1.45. The first kappa shape index (κ1) is 17.8. The van der Waals surface area contributed by atoms with Gasteiger partial charge >= 0.3 is 0 Å². The Morgan fingerprint density at radius 2 is 1.92 bits per heavy atom. The minimum Gasteiger partial charge on any atom is -0.378 e. The largest absolute Gasteiger partial charge is 0.378 e. The van der Waals surface area contributed by atoms with Gasteiger partial charge in [-0.3, -0.25) is 0 Å². The Labute approximate surface area is 146 Å². The number of rotatable bonds is 5. The molecule has 0 amide bonds. The minimum absolute atomic E-state index is 0.00852. The van der Waals surface area contributed by atoms with Crippen molar-refractivity contribution in [1.29, 1.82) is 0 Å². The molecule has 0 aromatic carbocycles. The fraction of sp³-hybridized carbons (Fsp3) is 0.533. The number of aromatic nitrogens is 3. The second kappa shape index (κ2) is 7.06. The van der Waals surface area contributed by atoms with E-state index in [0.717, 1.165) is 24.6 Å². The molecule has 136 valence electrons. The Bertz CT molecular complexity index is 839. The van der Waals surface area contributed by atoms with Gasteiger partial charge in [0.1, 0.15) is 22.2 Å². The standard InChI is InChI=1S/C15H21N5O4S/c1-10-8-14(20-4-6-23-7-5-20)18-13(17-10)9-16-25(21,22)15-11(2)19-24-12(15)3/h8,16H,4-7,9H2,1-3H3. The minimum atomic E-state index is -3.75. The third kappa shape index (κ3) is 3.97. The van der Waals surface area contributed by atoms with Crippen LogP contribution in [0.15, 0.2) is 15.5 Å². The van der Waals surface area contributed by atoms with Crippen LogP contribution in [0.5, 0.6) is 0 Å². The lowest BCUT2D eigenvalue weighted by atomic mass is 10.3. The SMILES string of the molecule is Cc1cc(N2CCOCC2)nc(CNS(=O)(=O)c2c(C)noc2C)n1. The number of nitrogens with one attached hydrogen (secondary N) is 1. The quantitative estimate of drug-likeness (QED) is 0.822. The molecule has 0 unspecified atom stereocenters. The summed E-state index contributed by atoms with van der Waals surface area (Å²) < 4.78 is 37.8. The molecule has 2 aromatic rings. The fourth-order valence-corrected chi connectivity index (χ4v) is 4.04. The molecule has 3 heterocycles. The van der Waals surface area contributed by atoms with Crippen molar-refractivity contribution in [3.63, 3.8) is 0 Å². The zero-order valence-electron chi connectivity index (χ0n) is 14.4. The highest BCUT2D eigenvalue weighted by Crippen LogP contribution is 2.19. The van der Waals surface area contributed by atoms with Crippen LogP contribution in [-0.2, 0) is 21.3 Å². The van der Waals surface area contributed by atoms with Crippen molar-refractivity contribution in [3.05, 3.63) is 29.0 Å². The summed E-state index contributed by atoms with van der Waals surface area (Å²) in [7, 11) is -3.75. The molecule has 1 fully saturated rings. The number of anilines is 1. The summed E-state index contributed by atoms with van der Waals surface area (Å²) in [6.45, 7) is 7.80. The predicted molar refractivity (Wildman–Crippen MR) is 89.8 cm³/mol. The lowest BCUT2D eigenvalue weighted by Gasteiger charge is -2.28. The first-order valence-corrected chi connectivity index (χ1v) is 9.45. The van der Waals surface area contributed by atoms with Crippen molar-refractivity contribution in [1.82, 2.24) is 19.8 Å². The second-order valence-electron chi connectivity index (χ2n) is 5.86. The Balaban J connectivity index is 1.78. The van der Waals surface area contributed by atoms with Crippen molar-refractivity contribution >= 4 is 15.8 Å². The third-order valence-corrected chi connectivity index (χ3v) is 5.52. The van der Waals surface area contributed by atoms with E-state index in [9.17, 15) is 8.42 Å². The third-order valence-electron chi connectivity index (χ3n) is 3.88. The normalized spacial score (nSPS) is 15.6. The average Bonchev–Trinajstić information content (AvgIpc) is 2.93. The van der Waals surface area contributed by atoms with Crippen LogP contribution < -0.4 is 9.62 Å². The van der Waals surface area contributed by atoms with E-state index in [1.165, 1.54) is 0 Å². The molecule has 0 saturated carbocycles. The van der Waals surface area contributed by atoms with Gasteiger partial charge in [-0.05, 0) is 20.8 Å². The fourth-order valence-electron chi connectivity index (χ4n) is 2.74. The van der Waals surface area contributed by atoms with E-state index < -0.39 is 10.0 Å². The first-order valence-electron chi connectivity index (χ1n) is 7.96. The number of aryl methyl sites for hydroxylation is 3. The maximum absolute atomic E-state index is 12.5. The Kier molecular flexibility index (Phi) is 5.02. The van der Waals surface area contributed by atoms with Gasteiger partial charge in [0.2, 0.25) is 10.0 Å². The summed E-state index contributed by atoms with van der Waals surface area (Å²) in [5, 5.41) is 3.68. The molecule has 10 heteroatoms. The van der Waals surface area contributed by atoms with Crippen molar-refractivity contribution in [2.45, 2.75) is 32.2 Å². The summed E-state index contributed by atoms with van der Waals surface area (Å²) in [5.41, 5.74) is 1.10. The second-order valence-corrected chi connectivity index (χ2v) is 7.56. The lowest BCUT2D eigenvalue weighted by molar-refractivity contribution is 0.122. The number of nitrogens with zero attached hydrogens (tertiary/aromatic N) is 4. The van der Waals surface area contributed by atoms with Gasteiger partial charge in [0.25, 0.3) is 0 Å². The maximum atomic E-state index is 12.5. The molecular weight excluding hydrogens is 346 g/mol. The van der Waals surface area contributed by atoms with E-state index in [4.69, 9.17) is 9.26 Å². The van der Waals surface area contributed by atoms with Crippen molar-refractivity contribution in [3.8, 4) is 0 Å². The van der Waals surface area contributed by atoms with Gasteiger partial charge in [-0.1, -0.05) is 5.16 Å². The summed E-state index contributed by atoms with van der Waals surface area (Å²) in [4.78, 5) is 11.0. The van der Waals surface area contributed by atoms with Crippen LogP contribution in [-0.4, -0.2) is 49.8 Å². The number of morpholine rings is 1. The van der Waals surface area contributed by atoms with Gasteiger partial charge in [0.05, 0.1) is 19.8 Å².